The van der Waals surface area contributed by atoms with Crippen LogP contribution in [0.4, 0.5) is 9.18 Å². The molecule has 5 nitrogen and oxygen atoms in total. The maximum absolute atomic E-state index is 13.0. The van der Waals surface area contributed by atoms with Crippen molar-refractivity contribution >= 4 is 17.8 Å². The molecular weight excluding hydrogens is 319 g/mol. The van der Waals surface area contributed by atoms with Crippen LogP contribution in [0.5, 0.6) is 0 Å². The summed E-state index contributed by atoms with van der Waals surface area (Å²) in [6, 6.07) is 5.67. The minimum Gasteiger partial charge on any atom is -0.391 e. The predicted octanol–water partition coefficient (Wildman–Crippen LogP) is 1.53. The van der Waals surface area contributed by atoms with Crippen molar-refractivity contribution in [2.24, 2.45) is 0 Å². The number of aliphatic hydroxyl groups is 2. The lowest BCUT2D eigenvalue weighted by Gasteiger charge is -2.16. The van der Waals surface area contributed by atoms with Gasteiger partial charge in [-0.1, -0.05) is 12.1 Å². The number of hydrogen-bond acceptors (Lipinski definition) is 4. The second kappa shape index (κ2) is 9.75. The monoisotopic (exact) mass is 344 g/mol. The molecule has 0 saturated heterocycles. The van der Waals surface area contributed by atoms with Gasteiger partial charge in [0.1, 0.15) is 5.82 Å². The number of rotatable bonds is 9. The SMILES string of the molecule is CC(C)(O)CSCCNC(=O)NCC(O)Cc1cccc(F)c1. The van der Waals surface area contributed by atoms with E-state index in [4.69, 9.17) is 0 Å². The van der Waals surface area contributed by atoms with Crippen molar-refractivity contribution in [3.63, 3.8) is 0 Å². The molecule has 0 aromatic heterocycles. The topological polar surface area (TPSA) is 81.6 Å². The lowest BCUT2D eigenvalue weighted by atomic mass is 10.1. The first-order chi connectivity index (χ1) is 10.8. The van der Waals surface area contributed by atoms with E-state index in [9.17, 15) is 19.4 Å². The fourth-order valence-electron chi connectivity index (χ4n) is 1.84. The third-order valence-electron chi connectivity index (χ3n) is 2.85. The maximum Gasteiger partial charge on any atom is 0.314 e. The maximum atomic E-state index is 13.0. The Morgan fingerprint density at radius 3 is 2.78 bits per heavy atom. The standard InChI is InChI=1S/C16H25FN2O3S/c1-16(2,22)11-23-7-6-18-15(21)19-10-14(20)9-12-4-3-5-13(17)8-12/h3-5,8,14,20,22H,6-7,9-11H2,1-2H3,(H2,18,19,21). The summed E-state index contributed by atoms with van der Waals surface area (Å²) in [7, 11) is 0. The van der Waals surface area contributed by atoms with Gasteiger partial charge >= 0.3 is 6.03 Å². The third kappa shape index (κ3) is 10.1. The number of benzene rings is 1. The first kappa shape index (κ1) is 19.7. The van der Waals surface area contributed by atoms with E-state index < -0.39 is 11.7 Å². The lowest BCUT2D eigenvalue weighted by Crippen LogP contribution is -2.41. The summed E-state index contributed by atoms with van der Waals surface area (Å²) in [5, 5.41) is 24.6. The number of nitrogens with one attached hydrogen (secondary N) is 2. The van der Waals surface area contributed by atoms with Crippen LogP contribution in [0.25, 0.3) is 0 Å². The van der Waals surface area contributed by atoms with Gasteiger partial charge in [0.05, 0.1) is 11.7 Å². The molecule has 0 radical (unpaired) electrons. The molecule has 0 saturated carbocycles. The molecule has 23 heavy (non-hydrogen) atoms. The molecule has 0 aliphatic rings. The molecule has 0 aliphatic heterocycles. The summed E-state index contributed by atoms with van der Waals surface area (Å²) in [5.74, 6) is 0.954. The highest BCUT2D eigenvalue weighted by Crippen LogP contribution is 2.10. The number of hydrogen-bond donors (Lipinski definition) is 4. The highest BCUT2D eigenvalue weighted by molar-refractivity contribution is 7.99. The van der Waals surface area contributed by atoms with Crippen molar-refractivity contribution < 1.29 is 19.4 Å². The van der Waals surface area contributed by atoms with Gasteiger partial charge < -0.3 is 20.8 Å². The van der Waals surface area contributed by atoms with Crippen LogP contribution in [0.15, 0.2) is 24.3 Å². The van der Waals surface area contributed by atoms with E-state index in [0.29, 0.717) is 23.6 Å². The number of carbonyl (C=O) groups excluding carboxylic acids is 1. The van der Waals surface area contributed by atoms with Gasteiger partial charge in [-0.25, -0.2) is 9.18 Å². The highest BCUT2D eigenvalue weighted by Gasteiger charge is 2.12. The molecule has 7 heteroatoms. The van der Waals surface area contributed by atoms with Crippen LogP contribution >= 0.6 is 11.8 Å². The lowest BCUT2D eigenvalue weighted by molar-refractivity contribution is 0.107. The second-order valence-electron chi connectivity index (χ2n) is 5.99. The number of urea groups is 1. The van der Waals surface area contributed by atoms with E-state index in [0.717, 1.165) is 0 Å². The van der Waals surface area contributed by atoms with Crippen molar-refractivity contribution in [1.29, 1.82) is 0 Å². The van der Waals surface area contributed by atoms with Gasteiger partial charge in [0, 0.05) is 31.0 Å². The van der Waals surface area contributed by atoms with Crippen molar-refractivity contribution in [3.8, 4) is 0 Å². The van der Waals surface area contributed by atoms with Gasteiger partial charge in [0.2, 0.25) is 0 Å². The van der Waals surface area contributed by atoms with E-state index in [1.165, 1.54) is 12.1 Å². The summed E-state index contributed by atoms with van der Waals surface area (Å²) < 4.78 is 13.0. The molecular formula is C16H25FN2O3S. The molecule has 0 heterocycles. The summed E-state index contributed by atoms with van der Waals surface area (Å²) in [6.07, 6.45) is -0.494. The molecule has 0 bridgehead atoms. The summed E-state index contributed by atoms with van der Waals surface area (Å²) >= 11 is 1.55. The van der Waals surface area contributed by atoms with E-state index in [-0.39, 0.29) is 24.8 Å². The molecule has 1 atom stereocenters. The van der Waals surface area contributed by atoms with Gasteiger partial charge in [0.15, 0.2) is 0 Å². The van der Waals surface area contributed by atoms with Crippen molar-refractivity contribution in [2.45, 2.75) is 32.0 Å². The first-order valence-electron chi connectivity index (χ1n) is 7.50. The summed E-state index contributed by atoms with van der Waals surface area (Å²) in [4.78, 5) is 11.6. The largest absolute Gasteiger partial charge is 0.391 e. The second-order valence-corrected chi connectivity index (χ2v) is 7.09. The molecule has 1 rings (SSSR count). The number of thioether (sulfide) groups is 1. The van der Waals surface area contributed by atoms with Crippen molar-refractivity contribution in [2.75, 3.05) is 24.6 Å². The van der Waals surface area contributed by atoms with E-state index >= 15 is 0 Å². The molecule has 2 amide bonds. The van der Waals surface area contributed by atoms with Gasteiger partial charge in [-0.2, -0.15) is 11.8 Å². The van der Waals surface area contributed by atoms with Crippen LogP contribution < -0.4 is 10.6 Å². The molecule has 1 aromatic rings. The average molecular weight is 344 g/mol. The van der Waals surface area contributed by atoms with Crippen LogP contribution in [0, 0.1) is 5.82 Å². The Morgan fingerprint density at radius 1 is 1.39 bits per heavy atom. The van der Waals surface area contributed by atoms with E-state index in [1.54, 1.807) is 37.7 Å². The van der Waals surface area contributed by atoms with Gasteiger partial charge in [-0.15, -0.1) is 0 Å². The van der Waals surface area contributed by atoms with Crippen LogP contribution in [0.1, 0.15) is 19.4 Å². The summed E-state index contributed by atoms with van der Waals surface area (Å²) in [6.45, 7) is 4.05. The van der Waals surface area contributed by atoms with Crippen LogP contribution in [0.2, 0.25) is 0 Å². The van der Waals surface area contributed by atoms with Crippen LogP contribution in [-0.2, 0) is 6.42 Å². The zero-order valence-corrected chi connectivity index (χ0v) is 14.3. The van der Waals surface area contributed by atoms with Gasteiger partial charge in [0.25, 0.3) is 0 Å². The van der Waals surface area contributed by atoms with Gasteiger partial charge in [-0.05, 0) is 31.5 Å². The number of carbonyl (C=O) groups is 1. The Labute approximate surface area is 140 Å². The fourth-order valence-corrected chi connectivity index (χ4v) is 2.73. The number of amides is 2. The van der Waals surface area contributed by atoms with Crippen LogP contribution in [-0.4, -0.2) is 52.5 Å². The Morgan fingerprint density at radius 2 is 2.13 bits per heavy atom. The van der Waals surface area contributed by atoms with Crippen molar-refractivity contribution in [3.05, 3.63) is 35.6 Å². The zero-order chi connectivity index (χ0) is 17.3. The normalized spacial score (nSPS) is 12.7. The Kier molecular flexibility index (Phi) is 8.36. The quantitative estimate of drug-likeness (QED) is 0.512. The molecule has 0 fully saturated rings. The highest BCUT2D eigenvalue weighted by atomic mass is 32.2. The predicted molar refractivity (Wildman–Crippen MR) is 91.1 cm³/mol. The first-order valence-corrected chi connectivity index (χ1v) is 8.66. The van der Waals surface area contributed by atoms with E-state index in [2.05, 4.69) is 10.6 Å². The molecule has 130 valence electrons. The molecule has 0 aliphatic carbocycles. The number of aliphatic hydroxyl groups excluding tert-OH is 1. The Balaban J connectivity index is 2.13. The smallest absolute Gasteiger partial charge is 0.314 e. The average Bonchev–Trinajstić information content (AvgIpc) is 2.43. The molecule has 0 spiro atoms. The van der Waals surface area contributed by atoms with Gasteiger partial charge in [-0.3, -0.25) is 0 Å². The Bertz CT molecular complexity index is 494. The minimum atomic E-state index is -0.771. The zero-order valence-electron chi connectivity index (χ0n) is 13.5. The Hall–Kier alpha value is -1.31. The molecule has 1 aromatic carbocycles. The molecule has 4 N–H and O–H groups in total. The summed E-state index contributed by atoms with van der Waals surface area (Å²) in [5.41, 5.74) is -0.0313. The minimum absolute atomic E-state index is 0.0964. The van der Waals surface area contributed by atoms with Crippen molar-refractivity contribution in [1.82, 2.24) is 10.6 Å². The molecule has 1 unspecified atom stereocenters. The third-order valence-corrected chi connectivity index (χ3v) is 4.25. The fraction of sp³-hybridized carbons (Fsp3) is 0.562. The van der Waals surface area contributed by atoms with Crippen LogP contribution in [0.3, 0.4) is 0 Å². The number of halogens is 1. The van der Waals surface area contributed by atoms with E-state index in [1.807, 2.05) is 0 Å².